The van der Waals surface area contributed by atoms with Crippen LogP contribution in [0.2, 0.25) is 0 Å². The van der Waals surface area contributed by atoms with Gasteiger partial charge in [0.05, 0.1) is 5.56 Å². The first-order chi connectivity index (χ1) is 9.77. The van der Waals surface area contributed by atoms with Crippen molar-refractivity contribution in [3.05, 3.63) is 35.1 Å². The summed E-state index contributed by atoms with van der Waals surface area (Å²) in [5.74, 6) is -1.22. The second-order valence-corrected chi connectivity index (χ2v) is 5.74. The molecule has 0 unspecified atom stereocenters. The number of benzene rings is 1. The SMILES string of the molecule is C[C@H]1C[C@H](NCc2ccc(F)c(C(F)(F)F)c2)CCN1C. The molecule has 1 aromatic rings. The zero-order chi connectivity index (χ0) is 15.6. The number of rotatable bonds is 3. The Kier molecular flexibility index (Phi) is 4.88. The third-order valence-corrected chi connectivity index (χ3v) is 4.14. The first-order valence-electron chi connectivity index (χ1n) is 7.06. The average Bonchev–Trinajstić information content (AvgIpc) is 2.40. The number of piperidine rings is 1. The van der Waals surface area contributed by atoms with Gasteiger partial charge < -0.3 is 10.2 Å². The quantitative estimate of drug-likeness (QED) is 0.861. The van der Waals surface area contributed by atoms with Crippen LogP contribution in [0.15, 0.2) is 18.2 Å². The number of alkyl halides is 3. The van der Waals surface area contributed by atoms with Crippen LogP contribution in [0, 0.1) is 5.82 Å². The van der Waals surface area contributed by atoms with Crippen molar-refractivity contribution in [3.8, 4) is 0 Å². The second kappa shape index (κ2) is 6.32. The van der Waals surface area contributed by atoms with Crippen LogP contribution >= 0.6 is 0 Å². The Bertz CT molecular complexity index is 487. The van der Waals surface area contributed by atoms with Gasteiger partial charge in [0.1, 0.15) is 5.82 Å². The molecule has 2 rings (SSSR count). The lowest BCUT2D eigenvalue weighted by Crippen LogP contribution is -2.45. The summed E-state index contributed by atoms with van der Waals surface area (Å²) in [6.07, 6.45) is -2.72. The third-order valence-electron chi connectivity index (χ3n) is 4.14. The Morgan fingerprint density at radius 3 is 2.67 bits per heavy atom. The molecule has 2 nitrogen and oxygen atoms in total. The molecule has 1 fully saturated rings. The van der Waals surface area contributed by atoms with E-state index >= 15 is 0 Å². The first-order valence-corrected chi connectivity index (χ1v) is 7.06. The maximum atomic E-state index is 13.2. The first kappa shape index (κ1) is 16.2. The molecule has 1 aromatic carbocycles. The Morgan fingerprint density at radius 1 is 1.33 bits per heavy atom. The van der Waals surface area contributed by atoms with Crippen LogP contribution in [0.3, 0.4) is 0 Å². The summed E-state index contributed by atoms with van der Waals surface area (Å²) in [6.45, 7) is 3.42. The fourth-order valence-corrected chi connectivity index (χ4v) is 2.64. The van der Waals surface area contributed by atoms with E-state index in [0.717, 1.165) is 31.5 Å². The molecule has 0 amide bonds. The van der Waals surface area contributed by atoms with Gasteiger partial charge in [-0.25, -0.2) is 4.39 Å². The molecule has 6 heteroatoms. The van der Waals surface area contributed by atoms with E-state index in [4.69, 9.17) is 0 Å². The van der Waals surface area contributed by atoms with E-state index < -0.39 is 17.6 Å². The van der Waals surface area contributed by atoms with E-state index in [9.17, 15) is 17.6 Å². The molecule has 1 heterocycles. The zero-order valence-corrected chi connectivity index (χ0v) is 12.2. The van der Waals surface area contributed by atoms with Crippen LogP contribution < -0.4 is 5.32 Å². The van der Waals surface area contributed by atoms with Crippen LogP contribution in [0.25, 0.3) is 0 Å². The van der Waals surface area contributed by atoms with E-state index in [-0.39, 0.29) is 6.04 Å². The second-order valence-electron chi connectivity index (χ2n) is 5.74. The minimum Gasteiger partial charge on any atom is -0.310 e. The molecule has 0 radical (unpaired) electrons. The van der Waals surface area contributed by atoms with Gasteiger partial charge in [0.25, 0.3) is 0 Å². The molecule has 1 N–H and O–H groups in total. The third kappa shape index (κ3) is 4.17. The predicted octanol–water partition coefficient (Wildman–Crippen LogP) is 3.42. The van der Waals surface area contributed by atoms with E-state index in [1.807, 2.05) is 0 Å². The molecular formula is C15H20F4N2. The monoisotopic (exact) mass is 304 g/mol. The molecule has 0 aliphatic carbocycles. The van der Waals surface area contributed by atoms with Crippen molar-refractivity contribution in [1.82, 2.24) is 10.2 Å². The number of hydrogen-bond donors (Lipinski definition) is 1. The standard InChI is InChI=1S/C15H20F4N2/c1-10-7-12(5-6-21(10)2)20-9-11-3-4-14(16)13(8-11)15(17,18)19/h3-4,8,10,12,20H,5-7,9H2,1-2H3/t10-,12+/m0/s1. The minimum atomic E-state index is -4.65. The van der Waals surface area contributed by atoms with Crippen molar-refractivity contribution in [2.75, 3.05) is 13.6 Å². The van der Waals surface area contributed by atoms with Gasteiger partial charge in [0, 0.05) is 18.6 Å². The summed E-state index contributed by atoms with van der Waals surface area (Å²) in [6, 6.07) is 3.92. The molecule has 0 saturated carbocycles. The summed E-state index contributed by atoms with van der Waals surface area (Å²) < 4.78 is 51.2. The number of halogens is 4. The maximum absolute atomic E-state index is 13.2. The zero-order valence-electron chi connectivity index (χ0n) is 12.2. The summed E-state index contributed by atoms with van der Waals surface area (Å²) in [5.41, 5.74) is -0.742. The fraction of sp³-hybridized carbons (Fsp3) is 0.600. The fourth-order valence-electron chi connectivity index (χ4n) is 2.64. The van der Waals surface area contributed by atoms with Crippen molar-refractivity contribution in [2.24, 2.45) is 0 Å². The predicted molar refractivity (Wildman–Crippen MR) is 73.4 cm³/mol. The Morgan fingerprint density at radius 2 is 2.05 bits per heavy atom. The van der Waals surface area contributed by atoms with Gasteiger partial charge in [-0.05, 0) is 51.1 Å². The van der Waals surface area contributed by atoms with Crippen molar-refractivity contribution in [2.45, 2.75) is 44.6 Å². The summed E-state index contributed by atoms with van der Waals surface area (Å²) in [5, 5.41) is 3.27. The summed E-state index contributed by atoms with van der Waals surface area (Å²) >= 11 is 0. The van der Waals surface area contributed by atoms with Crippen LogP contribution in [-0.4, -0.2) is 30.6 Å². The Hall–Kier alpha value is -1.14. The number of nitrogens with one attached hydrogen (secondary N) is 1. The highest BCUT2D eigenvalue weighted by Gasteiger charge is 2.34. The highest BCUT2D eigenvalue weighted by atomic mass is 19.4. The number of likely N-dealkylation sites (tertiary alicyclic amines) is 1. The van der Waals surface area contributed by atoms with E-state index in [0.29, 0.717) is 18.2 Å². The minimum absolute atomic E-state index is 0.288. The van der Waals surface area contributed by atoms with Crippen LogP contribution in [0.1, 0.15) is 30.9 Å². The Balaban J connectivity index is 1.98. The number of nitrogens with zero attached hydrogens (tertiary/aromatic N) is 1. The van der Waals surface area contributed by atoms with Gasteiger partial charge in [-0.2, -0.15) is 13.2 Å². The van der Waals surface area contributed by atoms with Crippen molar-refractivity contribution < 1.29 is 17.6 Å². The van der Waals surface area contributed by atoms with Crippen LogP contribution in [0.5, 0.6) is 0 Å². The molecule has 0 spiro atoms. The van der Waals surface area contributed by atoms with Gasteiger partial charge in [-0.3, -0.25) is 0 Å². The molecule has 2 atom stereocenters. The topological polar surface area (TPSA) is 15.3 Å². The van der Waals surface area contributed by atoms with Gasteiger partial charge in [0.15, 0.2) is 0 Å². The smallest absolute Gasteiger partial charge is 0.310 e. The lowest BCUT2D eigenvalue weighted by molar-refractivity contribution is -0.140. The molecule has 1 aliphatic heterocycles. The lowest BCUT2D eigenvalue weighted by atomic mass is 9.98. The molecule has 21 heavy (non-hydrogen) atoms. The van der Waals surface area contributed by atoms with E-state index in [2.05, 4.69) is 24.2 Å². The van der Waals surface area contributed by atoms with Gasteiger partial charge in [-0.15, -0.1) is 0 Å². The van der Waals surface area contributed by atoms with Crippen LogP contribution in [0.4, 0.5) is 17.6 Å². The molecule has 0 aromatic heterocycles. The molecule has 1 aliphatic rings. The maximum Gasteiger partial charge on any atom is 0.419 e. The van der Waals surface area contributed by atoms with Crippen molar-refractivity contribution >= 4 is 0 Å². The molecule has 1 saturated heterocycles. The average molecular weight is 304 g/mol. The van der Waals surface area contributed by atoms with E-state index in [1.165, 1.54) is 6.07 Å². The molecule has 0 bridgehead atoms. The van der Waals surface area contributed by atoms with Gasteiger partial charge >= 0.3 is 6.18 Å². The van der Waals surface area contributed by atoms with Crippen molar-refractivity contribution in [3.63, 3.8) is 0 Å². The highest BCUT2D eigenvalue weighted by Crippen LogP contribution is 2.31. The van der Waals surface area contributed by atoms with Crippen molar-refractivity contribution in [1.29, 1.82) is 0 Å². The summed E-state index contributed by atoms with van der Waals surface area (Å²) in [4.78, 5) is 2.26. The Labute approximate surface area is 122 Å². The normalized spacial score (nSPS) is 24.3. The van der Waals surface area contributed by atoms with E-state index in [1.54, 1.807) is 0 Å². The number of hydrogen-bond acceptors (Lipinski definition) is 2. The van der Waals surface area contributed by atoms with Gasteiger partial charge in [0.2, 0.25) is 0 Å². The molecular weight excluding hydrogens is 284 g/mol. The highest BCUT2D eigenvalue weighted by molar-refractivity contribution is 5.27. The largest absolute Gasteiger partial charge is 0.419 e. The lowest BCUT2D eigenvalue weighted by Gasteiger charge is -2.35. The van der Waals surface area contributed by atoms with Crippen LogP contribution in [-0.2, 0) is 12.7 Å². The summed E-state index contributed by atoms with van der Waals surface area (Å²) in [7, 11) is 2.07. The molecule has 118 valence electrons. The van der Waals surface area contributed by atoms with Gasteiger partial charge in [-0.1, -0.05) is 6.07 Å².